The number of sulfone groups is 1. The minimum absolute atomic E-state index is 0.266. The van der Waals surface area contributed by atoms with Crippen molar-refractivity contribution in [2.45, 2.75) is 40.5 Å². The zero-order valence-electron chi connectivity index (χ0n) is 11.1. The highest BCUT2D eigenvalue weighted by molar-refractivity contribution is 7.91. The summed E-state index contributed by atoms with van der Waals surface area (Å²) >= 11 is 0. The molecule has 0 bridgehead atoms. The molecule has 0 spiro atoms. The quantitative estimate of drug-likeness (QED) is 0.636. The van der Waals surface area contributed by atoms with Gasteiger partial charge in [-0.1, -0.05) is 27.7 Å². The fourth-order valence-corrected chi connectivity index (χ4v) is 2.52. The Labute approximate surface area is 101 Å². The Balaban J connectivity index is 3.83. The van der Waals surface area contributed by atoms with Gasteiger partial charge in [-0.05, 0) is 37.8 Å². The molecule has 0 radical (unpaired) electrons. The third-order valence-corrected chi connectivity index (χ3v) is 4.93. The van der Waals surface area contributed by atoms with Gasteiger partial charge in [0.1, 0.15) is 9.84 Å². The average molecular weight is 249 g/mol. The van der Waals surface area contributed by atoms with Crippen molar-refractivity contribution in [1.82, 2.24) is 5.32 Å². The molecule has 0 heterocycles. The average Bonchev–Trinajstić information content (AvgIpc) is 2.26. The van der Waals surface area contributed by atoms with Crippen LogP contribution in [0, 0.1) is 11.8 Å². The van der Waals surface area contributed by atoms with Crippen LogP contribution in [-0.2, 0) is 9.84 Å². The maximum Gasteiger partial charge on any atom is 0.150 e. The van der Waals surface area contributed by atoms with E-state index in [1.807, 2.05) is 0 Å². The predicted octanol–water partition coefficient (Wildman–Crippen LogP) is 2.08. The molecule has 0 aromatic carbocycles. The summed E-state index contributed by atoms with van der Waals surface area (Å²) < 4.78 is 22.7. The van der Waals surface area contributed by atoms with Gasteiger partial charge < -0.3 is 5.32 Å². The predicted molar refractivity (Wildman–Crippen MR) is 70.4 cm³/mol. The van der Waals surface area contributed by atoms with Crippen LogP contribution in [0.3, 0.4) is 0 Å². The van der Waals surface area contributed by atoms with Crippen LogP contribution in [0.5, 0.6) is 0 Å². The molecule has 2 unspecified atom stereocenters. The Morgan fingerprint density at radius 3 is 2.25 bits per heavy atom. The molecule has 0 aliphatic rings. The van der Waals surface area contributed by atoms with Crippen LogP contribution in [0.25, 0.3) is 0 Å². The highest BCUT2D eigenvalue weighted by Crippen LogP contribution is 2.15. The van der Waals surface area contributed by atoms with E-state index in [4.69, 9.17) is 0 Å². The topological polar surface area (TPSA) is 46.2 Å². The van der Waals surface area contributed by atoms with E-state index in [-0.39, 0.29) is 5.75 Å². The normalized spacial score (nSPS) is 16.0. The molecule has 16 heavy (non-hydrogen) atoms. The van der Waals surface area contributed by atoms with Gasteiger partial charge >= 0.3 is 0 Å². The third kappa shape index (κ3) is 7.23. The minimum Gasteiger partial charge on any atom is -0.316 e. The van der Waals surface area contributed by atoms with Crippen LogP contribution in [0.1, 0.15) is 40.5 Å². The lowest BCUT2D eigenvalue weighted by atomic mass is 9.93. The van der Waals surface area contributed by atoms with Gasteiger partial charge in [0.05, 0.1) is 5.75 Å². The summed E-state index contributed by atoms with van der Waals surface area (Å²) in [6.45, 7) is 10.2. The van der Waals surface area contributed by atoms with Gasteiger partial charge in [-0.15, -0.1) is 0 Å². The van der Waals surface area contributed by atoms with Crippen molar-refractivity contribution in [3.05, 3.63) is 0 Å². The Morgan fingerprint density at radius 2 is 1.75 bits per heavy atom. The van der Waals surface area contributed by atoms with Gasteiger partial charge in [0.2, 0.25) is 0 Å². The second-order valence-electron chi connectivity index (χ2n) is 4.68. The monoisotopic (exact) mass is 249 g/mol. The first kappa shape index (κ1) is 15.9. The first-order chi connectivity index (χ1) is 7.43. The maximum atomic E-state index is 11.4. The standard InChI is InChI=1S/C12H27NO2S/c1-5-8-13-10-12(4)11(3)7-9-16(14,15)6-2/h11-13H,5-10H2,1-4H3. The van der Waals surface area contributed by atoms with E-state index < -0.39 is 9.84 Å². The van der Waals surface area contributed by atoms with Gasteiger partial charge in [-0.2, -0.15) is 0 Å². The van der Waals surface area contributed by atoms with Crippen molar-refractivity contribution in [1.29, 1.82) is 0 Å². The van der Waals surface area contributed by atoms with Gasteiger partial charge in [-0.25, -0.2) is 8.42 Å². The second-order valence-corrected chi connectivity index (χ2v) is 7.16. The number of nitrogens with one attached hydrogen (secondary N) is 1. The van der Waals surface area contributed by atoms with Crippen LogP contribution in [-0.4, -0.2) is 33.0 Å². The summed E-state index contributed by atoms with van der Waals surface area (Å²) in [7, 11) is -2.79. The van der Waals surface area contributed by atoms with E-state index in [2.05, 4.69) is 26.1 Å². The zero-order chi connectivity index (χ0) is 12.6. The van der Waals surface area contributed by atoms with Crippen molar-refractivity contribution in [3.63, 3.8) is 0 Å². The molecule has 0 aromatic heterocycles. The van der Waals surface area contributed by atoms with Gasteiger partial charge in [0, 0.05) is 5.75 Å². The summed E-state index contributed by atoms with van der Waals surface area (Å²) in [5, 5.41) is 3.38. The number of hydrogen-bond acceptors (Lipinski definition) is 3. The maximum absolute atomic E-state index is 11.4. The molecule has 0 aromatic rings. The van der Waals surface area contributed by atoms with Crippen molar-refractivity contribution >= 4 is 9.84 Å². The Bertz CT molecular complexity index is 262. The first-order valence-corrected chi connectivity index (χ1v) is 8.16. The lowest BCUT2D eigenvalue weighted by Gasteiger charge is -2.20. The van der Waals surface area contributed by atoms with Crippen LogP contribution < -0.4 is 5.32 Å². The van der Waals surface area contributed by atoms with E-state index in [9.17, 15) is 8.42 Å². The molecule has 4 heteroatoms. The Hall–Kier alpha value is -0.0900. The van der Waals surface area contributed by atoms with E-state index in [1.54, 1.807) is 6.92 Å². The highest BCUT2D eigenvalue weighted by Gasteiger charge is 2.15. The SMILES string of the molecule is CCCNCC(C)C(C)CCS(=O)(=O)CC. The molecule has 0 saturated carbocycles. The van der Waals surface area contributed by atoms with Crippen molar-refractivity contribution in [2.75, 3.05) is 24.6 Å². The molecule has 0 fully saturated rings. The Kier molecular flexibility index (Phi) is 8.02. The summed E-state index contributed by atoms with van der Waals surface area (Å²) in [6, 6.07) is 0. The van der Waals surface area contributed by atoms with Crippen LogP contribution in [0.15, 0.2) is 0 Å². The van der Waals surface area contributed by atoms with Crippen molar-refractivity contribution < 1.29 is 8.42 Å². The van der Waals surface area contributed by atoms with E-state index in [0.29, 0.717) is 17.6 Å². The second kappa shape index (κ2) is 8.07. The molecule has 0 saturated heterocycles. The largest absolute Gasteiger partial charge is 0.316 e. The first-order valence-electron chi connectivity index (χ1n) is 6.34. The molecule has 1 N–H and O–H groups in total. The fourth-order valence-electron chi connectivity index (χ4n) is 1.50. The number of rotatable bonds is 9. The van der Waals surface area contributed by atoms with Gasteiger partial charge in [0.25, 0.3) is 0 Å². The smallest absolute Gasteiger partial charge is 0.150 e. The van der Waals surface area contributed by atoms with E-state index in [0.717, 1.165) is 25.9 Å². The summed E-state index contributed by atoms with van der Waals surface area (Å²) in [5.41, 5.74) is 0. The molecular weight excluding hydrogens is 222 g/mol. The third-order valence-electron chi connectivity index (χ3n) is 3.19. The molecular formula is C12H27NO2S. The van der Waals surface area contributed by atoms with Crippen molar-refractivity contribution in [3.8, 4) is 0 Å². The lowest BCUT2D eigenvalue weighted by Crippen LogP contribution is -2.27. The molecule has 3 nitrogen and oxygen atoms in total. The molecule has 0 aliphatic heterocycles. The van der Waals surface area contributed by atoms with Crippen LogP contribution >= 0.6 is 0 Å². The Morgan fingerprint density at radius 1 is 1.12 bits per heavy atom. The fraction of sp³-hybridized carbons (Fsp3) is 1.00. The zero-order valence-corrected chi connectivity index (χ0v) is 11.9. The van der Waals surface area contributed by atoms with E-state index in [1.165, 1.54) is 0 Å². The van der Waals surface area contributed by atoms with Gasteiger partial charge in [0.15, 0.2) is 0 Å². The molecule has 2 atom stereocenters. The molecule has 98 valence electrons. The molecule has 0 aliphatic carbocycles. The minimum atomic E-state index is -2.79. The number of hydrogen-bond donors (Lipinski definition) is 1. The summed E-state index contributed by atoms with van der Waals surface area (Å²) in [5.74, 6) is 1.61. The van der Waals surface area contributed by atoms with Crippen LogP contribution in [0.2, 0.25) is 0 Å². The van der Waals surface area contributed by atoms with Crippen LogP contribution in [0.4, 0.5) is 0 Å². The molecule has 0 rings (SSSR count). The summed E-state index contributed by atoms with van der Waals surface area (Å²) in [6.07, 6.45) is 1.93. The van der Waals surface area contributed by atoms with E-state index >= 15 is 0 Å². The lowest BCUT2D eigenvalue weighted by molar-refractivity contribution is 0.358. The summed E-state index contributed by atoms with van der Waals surface area (Å²) in [4.78, 5) is 0. The molecule has 0 amide bonds. The van der Waals surface area contributed by atoms with Crippen molar-refractivity contribution in [2.24, 2.45) is 11.8 Å². The van der Waals surface area contributed by atoms with Gasteiger partial charge in [-0.3, -0.25) is 0 Å². The highest BCUT2D eigenvalue weighted by atomic mass is 32.2.